The number of halogens is 1. The van der Waals surface area contributed by atoms with E-state index in [0.717, 1.165) is 26.1 Å². The van der Waals surface area contributed by atoms with E-state index >= 15 is 0 Å². The highest BCUT2D eigenvalue weighted by molar-refractivity contribution is 6.28. The van der Waals surface area contributed by atoms with Gasteiger partial charge in [0.25, 0.3) is 0 Å². The molecule has 0 radical (unpaired) electrons. The monoisotopic (exact) mass is 242 g/mol. The normalized spacial score (nSPS) is 17.4. The molecule has 1 fully saturated rings. The maximum atomic E-state index is 5.84. The third kappa shape index (κ3) is 2.36. The Balaban J connectivity index is 2.18. The number of hydrogen-bond acceptors (Lipinski definition) is 5. The van der Waals surface area contributed by atoms with Crippen LogP contribution in [0.2, 0.25) is 5.28 Å². The molecule has 2 heterocycles. The maximum Gasteiger partial charge on any atom is 0.224 e. The molecule has 0 unspecified atom stereocenters. The molecular weight excluding hydrogens is 228 g/mol. The van der Waals surface area contributed by atoms with Gasteiger partial charge in [-0.2, -0.15) is 4.98 Å². The Morgan fingerprint density at radius 2 is 2.19 bits per heavy atom. The Bertz CT molecular complexity index is 368. The van der Waals surface area contributed by atoms with E-state index in [2.05, 4.69) is 14.9 Å². The van der Waals surface area contributed by atoms with Gasteiger partial charge in [-0.1, -0.05) is 0 Å². The van der Waals surface area contributed by atoms with Gasteiger partial charge in [0.05, 0.1) is 11.9 Å². The van der Waals surface area contributed by atoms with Gasteiger partial charge in [-0.05, 0) is 24.4 Å². The minimum Gasteiger partial charge on any atom is -0.394 e. The average Bonchev–Trinajstić information content (AvgIpc) is 2.32. The van der Waals surface area contributed by atoms with Crippen molar-refractivity contribution in [3.63, 3.8) is 0 Å². The fourth-order valence-electron chi connectivity index (χ4n) is 1.89. The van der Waals surface area contributed by atoms with E-state index in [0.29, 0.717) is 17.5 Å². The van der Waals surface area contributed by atoms with Gasteiger partial charge in [0.1, 0.15) is 0 Å². The summed E-state index contributed by atoms with van der Waals surface area (Å²) in [7, 11) is 1.98. The predicted octanol–water partition coefficient (Wildman–Crippen LogP) is 1.33. The standard InChI is InChI=1S/C10H15ClN4O/c1-15(7-2-4-16-5-3-7)9-8(12)6-13-10(11)14-9/h6-7H,2-5,12H2,1H3. The zero-order chi connectivity index (χ0) is 11.5. The van der Waals surface area contributed by atoms with E-state index in [4.69, 9.17) is 22.1 Å². The van der Waals surface area contributed by atoms with Crippen molar-refractivity contribution in [1.29, 1.82) is 0 Å². The third-order valence-electron chi connectivity index (χ3n) is 2.84. The topological polar surface area (TPSA) is 64.3 Å². The molecule has 1 aromatic rings. The second-order valence-corrected chi connectivity index (χ2v) is 4.21. The largest absolute Gasteiger partial charge is 0.394 e. The van der Waals surface area contributed by atoms with Crippen LogP contribution in [0.1, 0.15) is 12.8 Å². The van der Waals surface area contributed by atoms with E-state index in [1.54, 1.807) is 6.20 Å². The van der Waals surface area contributed by atoms with Crippen LogP contribution in [0, 0.1) is 0 Å². The summed E-state index contributed by atoms with van der Waals surface area (Å²) in [5.74, 6) is 0.701. The molecular formula is C10H15ClN4O. The van der Waals surface area contributed by atoms with Gasteiger partial charge in [-0.25, -0.2) is 4.98 Å². The van der Waals surface area contributed by atoms with Crippen molar-refractivity contribution in [2.75, 3.05) is 30.9 Å². The molecule has 6 heteroatoms. The summed E-state index contributed by atoms with van der Waals surface area (Å²) >= 11 is 5.77. The number of nitrogens with zero attached hydrogens (tertiary/aromatic N) is 3. The lowest BCUT2D eigenvalue weighted by molar-refractivity contribution is 0.0854. The first-order valence-electron chi connectivity index (χ1n) is 5.27. The smallest absolute Gasteiger partial charge is 0.224 e. The summed E-state index contributed by atoms with van der Waals surface area (Å²) < 4.78 is 5.32. The highest BCUT2D eigenvalue weighted by Gasteiger charge is 2.21. The molecule has 0 aliphatic carbocycles. The van der Waals surface area contributed by atoms with Gasteiger partial charge in [0.15, 0.2) is 5.82 Å². The van der Waals surface area contributed by atoms with Crippen LogP contribution in [-0.4, -0.2) is 36.3 Å². The van der Waals surface area contributed by atoms with Crippen molar-refractivity contribution in [2.45, 2.75) is 18.9 Å². The van der Waals surface area contributed by atoms with Gasteiger partial charge in [0, 0.05) is 26.3 Å². The Kier molecular flexibility index (Phi) is 3.46. The predicted molar refractivity (Wildman–Crippen MR) is 63.7 cm³/mol. The lowest BCUT2D eigenvalue weighted by atomic mass is 10.1. The van der Waals surface area contributed by atoms with Gasteiger partial charge >= 0.3 is 0 Å². The summed E-state index contributed by atoms with van der Waals surface area (Å²) in [4.78, 5) is 10.1. The molecule has 1 aliphatic rings. The second kappa shape index (κ2) is 4.84. The minimum absolute atomic E-state index is 0.225. The number of nitrogens with two attached hydrogens (primary N) is 1. The molecule has 0 atom stereocenters. The van der Waals surface area contributed by atoms with Crippen molar-refractivity contribution in [3.05, 3.63) is 11.5 Å². The lowest BCUT2D eigenvalue weighted by Gasteiger charge is -2.32. The zero-order valence-electron chi connectivity index (χ0n) is 9.19. The highest BCUT2D eigenvalue weighted by Crippen LogP contribution is 2.25. The maximum absolute atomic E-state index is 5.84. The van der Waals surface area contributed by atoms with Crippen molar-refractivity contribution in [3.8, 4) is 0 Å². The highest BCUT2D eigenvalue weighted by atomic mass is 35.5. The van der Waals surface area contributed by atoms with E-state index in [1.807, 2.05) is 7.05 Å². The molecule has 0 bridgehead atoms. The van der Waals surface area contributed by atoms with Crippen LogP contribution in [0.25, 0.3) is 0 Å². The molecule has 16 heavy (non-hydrogen) atoms. The van der Waals surface area contributed by atoms with E-state index in [9.17, 15) is 0 Å². The number of nitrogen functional groups attached to an aromatic ring is 1. The lowest BCUT2D eigenvalue weighted by Crippen LogP contribution is -2.37. The molecule has 0 saturated carbocycles. The number of hydrogen-bond donors (Lipinski definition) is 1. The van der Waals surface area contributed by atoms with Crippen LogP contribution in [0.3, 0.4) is 0 Å². The number of ether oxygens (including phenoxy) is 1. The van der Waals surface area contributed by atoms with E-state index in [-0.39, 0.29) is 5.28 Å². The van der Waals surface area contributed by atoms with Crippen LogP contribution < -0.4 is 10.6 Å². The summed E-state index contributed by atoms with van der Waals surface area (Å²) in [5, 5.41) is 0.225. The quantitative estimate of drug-likeness (QED) is 0.793. The Hall–Kier alpha value is -1.07. The number of anilines is 2. The average molecular weight is 243 g/mol. The van der Waals surface area contributed by atoms with Gasteiger partial charge in [0.2, 0.25) is 5.28 Å². The van der Waals surface area contributed by atoms with Crippen molar-refractivity contribution in [2.24, 2.45) is 0 Å². The SMILES string of the molecule is CN(c1nc(Cl)ncc1N)C1CCOCC1. The first-order valence-corrected chi connectivity index (χ1v) is 5.65. The van der Waals surface area contributed by atoms with Crippen molar-refractivity contribution in [1.82, 2.24) is 9.97 Å². The van der Waals surface area contributed by atoms with Gasteiger partial charge in [-0.15, -0.1) is 0 Å². The second-order valence-electron chi connectivity index (χ2n) is 3.87. The third-order valence-corrected chi connectivity index (χ3v) is 3.02. The number of aromatic nitrogens is 2. The van der Waals surface area contributed by atoms with Gasteiger partial charge < -0.3 is 15.4 Å². The molecule has 2 rings (SSSR count). The van der Waals surface area contributed by atoms with Crippen molar-refractivity contribution >= 4 is 23.1 Å². The Labute approximate surface area is 99.6 Å². The summed E-state index contributed by atoms with van der Waals surface area (Å²) in [6, 6.07) is 0.405. The Morgan fingerprint density at radius 1 is 1.50 bits per heavy atom. The van der Waals surface area contributed by atoms with Crippen LogP contribution in [0.5, 0.6) is 0 Å². The van der Waals surface area contributed by atoms with Crippen LogP contribution in [-0.2, 0) is 4.74 Å². The molecule has 0 spiro atoms. The summed E-state index contributed by atoms with van der Waals surface area (Å²) in [6.45, 7) is 1.57. The fraction of sp³-hybridized carbons (Fsp3) is 0.600. The van der Waals surface area contributed by atoms with E-state index < -0.39 is 0 Å². The first-order chi connectivity index (χ1) is 7.68. The van der Waals surface area contributed by atoms with Gasteiger partial charge in [-0.3, -0.25) is 0 Å². The Morgan fingerprint density at radius 3 is 2.88 bits per heavy atom. The van der Waals surface area contributed by atoms with Crippen LogP contribution >= 0.6 is 11.6 Å². The molecule has 5 nitrogen and oxygen atoms in total. The number of rotatable bonds is 2. The molecule has 1 aromatic heterocycles. The minimum atomic E-state index is 0.225. The molecule has 88 valence electrons. The first kappa shape index (κ1) is 11.4. The summed E-state index contributed by atoms with van der Waals surface area (Å²) in [6.07, 6.45) is 3.51. The van der Waals surface area contributed by atoms with Crippen LogP contribution in [0.4, 0.5) is 11.5 Å². The molecule has 0 amide bonds. The molecule has 1 saturated heterocycles. The molecule has 0 aromatic carbocycles. The molecule has 2 N–H and O–H groups in total. The van der Waals surface area contributed by atoms with Crippen molar-refractivity contribution < 1.29 is 4.74 Å². The fourth-order valence-corrected chi connectivity index (χ4v) is 2.02. The van der Waals surface area contributed by atoms with Crippen LogP contribution in [0.15, 0.2) is 6.20 Å². The molecule has 1 aliphatic heterocycles. The summed E-state index contributed by atoms with van der Waals surface area (Å²) in [5.41, 5.74) is 6.39. The zero-order valence-corrected chi connectivity index (χ0v) is 9.94. The van der Waals surface area contributed by atoms with E-state index in [1.165, 1.54) is 0 Å².